The quantitative estimate of drug-likeness (QED) is 0.781. The molecule has 21 heavy (non-hydrogen) atoms. The molecule has 4 aliphatic carbocycles. The van der Waals surface area contributed by atoms with Crippen LogP contribution in [0.1, 0.15) is 38.5 Å². The first-order valence-corrected chi connectivity index (χ1v) is 8.52. The third kappa shape index (κ3) is 2.23. The van der Waals surface area contributed by atoms with Crippen LogP contribution in [0.5, 0.6) is 0 Å². The summed E-state index contributed by atoms with van der Waals surface area (Å²) in [6.07, 6.45) is 6.49. The molecule has 1 amide bonds. The van der Waals surface area contributed by atoms with Crippen LogP contribution in [0.3, 0.4) is 0 Å². The minimum absolute atomic E-state index is 0.0190. The minimum Gasteiger partial charge on any atom is -0.323 e. The molecule has 0 aromatic heterocycles. The number of nitrogens with one attached hydrogen (secondary N) is 1. The van der Waals surface area contributed by atoms with Crippen LogP contribution in [0.25, 0.3) is 0 Å². The first-order chi connectivity index (χ1) is 9.98. The highest BCUT2D eigenvalue weighted by Crippen LogP contribution is 2.64. The molecule has 1 N–H and O–H groups in total. The summed E-state index contributed by atoms with van der Waals surface area (Å²) in [4.78, 5) is 12.9. The maximum absolute atomic E-state index is 13.8. The lowest BCUT2D eigenvalue weighted by atomic mass is 9.49. The lowest BCUT2D eigenvalue weighted by Gasteiger charge is -2.59. The third-order valence-corrected chi connectivity index (χ3v) is 6.52. The number of rotatable bonds is 2. The first kappa shape index (κ1) is 13.7. The van der Waals surface area contributed by atoms with Gasteiger partial charge in [-0.2, -0.15) is 0 Å². The van der Waals surface area contributed by atoms with E-state index in [2.05, 4.69) is 21.2 Å². The average Bonchev–Trinajstić information content (AvgIpc) is 2.38. The number of anilines is 1. The Kier molecular flexibility index (Phi) is 2.97. The second kappa shape index (κ2) is 4.55. The fraction of sp³-hybridized carbons (Fsp3) is 0.588. The van der Waals surface area contributed by atoms with Gasteiger partial charge in [-0.15, -0.1) is 0 Å². The summed E-state index contributed by atoms with van der Waals surface area (Å²) in [5.41, 5.74) is 0.0115. The van der Waals surface area contributed by atoms with Crippen molar-refractivity contribution < 1.29 is 9.18 Å². The third-order valence-electron chi connectivity index (χ3n) is 5.59. The molecule has 4 bridgehead atoms. The number of carbonyl (C=O) groups excluding carboxylic acids is 1. The van der Waals surface area contributed by atoms with E-state index in [1.54, 1.807) is 18.2 Å². The van der Waals surface area contributed by atoms with Gasteiger partial charge in [-0.3, -0.25) is 4.79 Å². The van der Waals surface area contributed by atoms with Gasteiger partial charge in [0.25, 0.3) is 0 Å². The molecule has 0 saturated heterocycles. The molecule has 4 atom stereocenters. The van der Waals surface area contributed by atoms with Crippen molar-refractivity contribution in [3.8, 4) is 0 Å². The normalized spacial score (nSPS) is 40.3. The summed E-state index contributed by atoms with van der Waals surface area (Å²) < 4.78 is 13.9. The Labute approximate surface area is 132 Å². The highest BCUT2D eigenvalue weighted by atomic mass is 79.9. The molecular formula is C17H19BrFNO. The average molecular weight is 352 g/mol. The maximum Gasteiger partial charge on any atom is 0.230 e. The van der Waals surface area contributed by atoms with E-state index in [-0.39, 0.29) is 21.5 Å². The molecule has 2 unspecified atom stereocenters. The van der Waals surface area contributed by atoms with Crippen LogP contribution in [0.4, 0.5) is 10.1 Å². The van der Waals surface area contributed by atoms with Gasteiger partial charge < -0.3 is 5.32 Å². The number of halogens is 2. The van der Waals surface area contributed by atoms with Crippen molar-refractivity contribution in [1.82, 2.24) is 0 Å². The number of amides is 1. The second-order valence-corrected chi connectivity index (χ2v) is 9.01. The predicted octanol–water partition coefficient (Wildman–Crippen LogP) is 4.50. The predicted molar refractivity (Wildman–Crippen MR) is 83.8 cm³/mol. The molecule has 4 fully saturated rings. The Bertz CT molecular complexity index is 588. The van der Waals surface area contributed by atoms with E-state index in [1.165, 1.54) is 25.3 Å². The fourth-order valence-electron chi connectivity index (χ4n) is 5.23. The Morgan fingerprint density at radius 2 is 1.86 bits per heavy atom. The van der Waals surface area contributed by atoms with Gasteiger partial charge >= 0.3 is 0 Å². The van der Waals surface area contributed by atoms with Crippen LogP contribution in [0.2, 0.25) is 0 Å². The SMILES string of the molecule is O=C(Nc1ccccc1F)C12C[C@@H]3C[C@@H](CC(Br)(C3)C1)C2. The van der Waals surface area contributed by atoms with Crippen LogP contribution < -0.4 is 5.32 Å². The summed E-state index contributed by atoms with van der Waals surface area (Å²) in [7, 11) is 0. The van der Waals surface area contributed by atoms with Gasteiger partial charge in [-0.05, 0) is 62.5 Å². The molecule has 0 aliphatic heterocycles. The highest BCUT2D eigenvalue weighted by molar-refractivity contribution is 9.10. The largest absolute Gasteiger partial charge is 0.323 e. The van der Waals surface area contributed by atoms with Gasteiger partial charge in [-0.25, -0.2) is 4.39 Å². The Morgan fingerprint density at radius 3 is 2.48 bits per heavy atom. The molecule has 4 aliphatic rings. The summed E-state index contributed by atoms with van der Waals surface area (Å²) >= 11 is 3.91. The first-order valence-electron chi connectivity index (χ1n) is 7.73. The van der Waals surface area contributed by atoms with Crippen molar-refractivity contribution in [2.75, 3.05) is 5.32 Å². The minimum atomic E-state index is -0.357. The molecule has 5 rings (SSSR count). The van der Waals surface area contributed by atoms with Gasteiger partial charge in [0.1, 0.15) is 5.82 Å². The molecule has 1 aromatic rings. The van der Waals surface area contributed by atoms with Crippen molar-refractivity contribution in [1.29, 1.82) is 0 Å². The number of benzene rings is 1. The zero-order valence-electron chi connectivity index (χ0n) is 11.9. The van der Waals surface area contributed by atoms with Crippen molar-refractivity contribution in [2.24, 2.45) is 17.3 Å². The summed E-state index contributed by atoms with van der Waals surface area (Å²) in [6.45, 7) is 0. The smallest absolute Gasteiger partial charge is 0.230 e. The number of hydrogen-bond acceptors (Lipinski definition) is 1. The van der Waals surface area contributed by atoms with Crippen molar-refractivity contribution in [3.63, 3.8) is 0 Å². The molecule has 0 spiro atoms. The van der Waals surface area contributed by atoms with Crippen LogP contribution >= 0.6 is 15.9 Å². The number of hydrogen-bond donors (Lipinski definition) is 1. The highest BCUT2D eigenvalue weighted by Gasteiger charge is 2.59. The van der Waals surface area contributed by atoms with E-state index < -0.39 is 0 Å². The van der Waals surface area contributed by atoms with Crippen LogP contribution in [-0.4, -0.2) is 10.2 Å². The van der Waals surface area contributed by atoms with Crippen LogP contribution in [-0.2, 0) is 4.79 Å². The van der Waals surface area contributed by atoms with Crippen molar-refractivity contribution in [3.05, 3.63) is 30.1 Å². The van der Waals surface area contributed by atoms with Gasteiger partial charge in [0.05, 0.1) is 11.1 Å². The summed E-state index contributed by atoms with van der Waals surface area (Å²) in [5.74, 6) is 0.962. The number of alkyl halides is 1. The lowest BCUT2D eigenvalue weighted by Crippen LogP contribution is -2.57. The second-order valence-electron chi connectivity index (χ2n) is 7.33. The molecule has 4 saturated carbocycles. The van der Waals surface area contributed by atoms with E-state index in [9.17, 15) is 9.18 Å². The standard InChI is InChI=1S/C17H19BrFNO/c18-17-8-11-5-12(9-17)7-16(6-11,10-17)15(21)20-14-4-2-1-3-13(14)19/h1-4,11-12H,5-10H2,(H,20,21)/t11-,12+,16?,17?. The Morgan fingerprint density at radius 1 is 1.19 bits per heavy atom. The molecule has 4 heteroatoms. The van der Waals surface area contributed by atoms with E-state index in [0.29, 0.717) is 17.5 Å². The topological polar surface area (TPSA) is 29.1 Å². The zero-order valence-corrected chi connectivity index (χ0v) is 13.5. The number of carbonyl (C=O) groups is 1. The molecular weight excluding hydrogens is 333 g/mol. The molecule has 112 valence electrons. The van der Waals surface area contributed by atoms with E-state index in [0.717, 1.165) is 19.3 Å². The van der Waals surface area contributed by atoms with E-state index in [4.69, 9.17) is 0 Å². The van der Waals surface area contributed by atoms with Crippen LogP contribution in [0.15, 0.2) is 24.3 Å². The molecule has 0 radical (unpaired) electrons. The summed E-state index contributed by atoms with van der Waals surface area (Å²) in [5, 5.41) is 2.85. The molecule has 2 nitrogen and oxygen atoms in total. The van der Waals surface area contributed by atoms with Crippen LogP contribution in [0, 0.1) is 23.1 Å². The Hall–Kier alpha value is -0.900. The molecule has 0 heterocycles. The number of para-hydroxylation sites is 1. The van der Waals surface area contributed by atoms with E-state index in [1.807, 2.05) is 0 Å². The van der Waals surface area contributed by atoms with E-state index >= 15 is 0 Å². The van der Waals surface area contributed by atoms with Crippen molar-refractivity contribution in [2.45, 2.75) is 42.8 Å². The molecule has 1 aromatic carbocycles. The summed E-state index contributed by atoms with van der Waals surface area (Å²) in [6, 6.07) is 6.42. The van der Waals surface area contributed by atoms with Crippen molar-refractivity contribution >= 4 is 27.5 Å². The van der Waals surface area contributed by atoms with Gasteiger partial charge in [0.15, 0.2) is 0 Å². The maximum atomic E-state index is 13.8. The monoisotopic (exact) mass is 351 g/mol. The van der Waals surface area contributed by atoms with Gasteiger partial charge in [-0.1, -0.05) is 28.1 Å². The lowest BCUT2D eigenvalue weighted by molar-refractivity contribution is -0.138. The zero-order chi connectivity index (χ0) is 14.7. The fourth-order valence-corrected chi connectivity index (χ4v) is 6.69. The van der Waals surface area contributed by atoms with Gasteiger partial charge in [0, 0.05) is 4.32 Å². The Balaban J connectivity index is 1.61. The van der Waals surface area contributed by atoms with Gasteiger partial charge in [0.2, 0.25) is 5.91 Å².